The predicted octanol–water partition coefficient (Wildman–Crippen LogP) is 2.68. The smallest absolute Gasteiger partial charge is 0.264 e. The van der Waals surface area contributed by atoms with Gasteiger partial charge < -0.3 is 10.1 Å². The van der Waals surface area contributed by atoms with Crippen molar-refractivity contribution in [2.45, 2.75) is 11.8 Å². The number of carbonyl (C=O) groups excluding carboxylic acids is 1. The number of sulfonamides is 1. The monoisotopic (exact) mass is 408 g/mol. The molecule has 0 heterocycles. The van der Waals surface area contributed by atoms with Crippen molar-refractivity contribution in [3.63, 3.8) is 0 Å². The number of thioether (sulfide) groups is 1. The SMILES string of the molecule is COc1ccc(N(CC(=O)NCCSC)S(=O)(=O)c2ccc(C)cc2)cc1. The number of hydrogen-bond acceptors (Lipinski definition) is 5. The fraction of sp³-hybridized carbons (Fsp3) is 0.316. The zero-order valence-corrected chi connectivity index (χ0v) is 17.3. The van der Waals surface area contributed by atoms with E-state index in [-0.39, 0.29) is 17.3 Å². The van der Waals surface area contributed by atoms with Crippen molar-refractivity contribution in [1.82, 2.24) is 5.32 Å². The number of methoxy groups -OCH3 is 1. The highest BCUT2D eigenvalue weighted by Gasteiger charge is 2.27. The number of nitrogens with one attached hydrogen (secondary N) is 1. The van der Waals surface area contributed by atoms with E-state index in [0.717, 1.165) is 15.6 Å². The molecule has 1 amide bonds. The second-order valence-corrected chi connectivity index (χ2v) is 8.71. The first-order valence-electron chi connectivity index (χ1n) is 8.37. The molecule has 0 aromatic heterocycles. The van der Waals surface area contributed by atoms with Crippen LogP contribution >= 0.6 is 11.8 Å². The second-order valence-electron chi connectivity index (χ2n) is 5.87. The van der Waals surface area contributed by atoms with Gasteiger partial charge in [-0.1, -0.05) is 17.7 Å². The molecule has 27 heavy (non-hydrogen) atoms. The number of rotatable bonds is 9. The van der Waals surface area contributed by atoms with Crippen molar-refractivity contribution in [3.8, 4) is 5.75 Å². The van der Waals surface area contributed by atoms with Crippen LogP contribution in [0.25, 0.3) is 0 Å². The summed E-state index contributed by atoms with van der Waals surface area (Å²) >= 11 is 1.61. The average molecular weight is 409 g/mol. The van der Waals surface area contributed by atoms with Gasteiger partial charge in [0.05, 0.1) is 17.7 Å². The molecular weight excluding hydrogens is 384 g/mol. The van der Waals surface area contributed by atoms with Gasteiger partial charge in [-0.05, 0) is 49.6 Å². The quantitative estimate of drug-likeness (QED) is 0.646. The Kier molecular flexibility index (Phi) is 7.55. The molecule has 0 spiro atoms. The summed E-state index contributed by atoms with van der Waals surface area (Å²) in [6, 6.07) is 13.1. The highest BCUT2D eigenvalue weighted by Crippen LogP contribution is 2.25. The molecule has 0 aliphatic carbocycles. The van der Waals surface area contributed by atoms with Crippen LogP contribution < -0.4 is 14.4 Å². The summed E-state index contributed by atoms with van der Waals surface area (Å²) < 4.78 is 32.6. The molecule has 146 valence electrons. The van der Waals surface area contributed by atoms with Crippen LogP contribution in [0.5, 0.6) is 5.75 Å². The van der Waals surface area contributed by atoms with Crippen molar-refractivity contribution in [2.24, 2.45) is 0 Å². The second kappa shape index (κ2) is 9.66. The molecule has 2 aromatic carbocycles. The van der Waals surface area contributed by atoms with Gasteiger partial charge in [0.1, 0.15) is 12.3 Å². The Bertz CT molecular complexity index is 850. The van der Waals surface area contributed by atoms with Gasteiger partial charge >= 0.3 is 0 Å². The number of ether oxygens (including phenoxy) is 1. The Labute approximate surface area is 165 Å². The molecule has 6 nitrogen and oxygen atoms in total. The summed E-state index contributed by atoms with van der Waals surface area (Å²) in [6.07, 6.45) is 1.94. The van der Waals surface area contributed by atoms with Crippen LogP contribution in [-0.2, 0) is 14.8 Å². The molecule has 0 atom stereocenters. The number of benzene rings is 2. The molecule has 0 radical (unpaired) electrons. The largest absolute Gasteiger partial charge is 0.497 e. The van der Waals surface area contributed by atoms with Crippen molar-refractivity contribution < 1.29 is 17.9 Å². The average Bonchev–Trinajstić information content (AvgIpc) is 2.67. The van der Waals surface area contributed by atoms with Crippen molar-refractivity contribution >= 4 is 33.4 Å². The van der Waals surface area contributed by atoms with Crippen molar-refractivity contribution in [3.05, 3.63) is 54.1 Å². The Hall–Kier alpha value is -2.19. The summed E-state index contributed by atoms with van der Waals surface area (Å²) in [4.78, 5) is 12.4. The fourth-order valence-corrected chi connectivity index (χ4v) is 4.11. The van der Waals surface area contributed by atoms with Gasteiger partial charge in [-0.3, -0.25) is 9.10 Å². The molecule has 2 rings (SSSR count). The van der Waals surface area contributed by atoms with Crippen molar-refractivity contribution in [1.29, 1.82) is 0 Å². The maximum Gasteiger partial charge on any atom is 0.264 e. The lowest BCUT2D eigenvalue weighted by atomic mass is 10.2. The lowest BCUT2D eigenvalue weighted by Gasteiger charge is -2.24. The van der Waals surface area contributed by atoms with Gasteiger partial charge in [-0.25, -0.2) is 8.42 Å². The summed E-state index contributed by atoms with van der Waals surface area (Å²) in [6.45, 7) is 2.08. The van der Waals surface area contributed by atoms with Crippen LogP contribution in [0.2, 0.25) is 0 Å². The number of nitrogens with zero attached hydrogens (tertiary/aromatic N) is 1. The van der Waals surface area contributed by atoms with Crippen LogP contribution in [0.3, 0.4) is 0 Å². The van der Waals surface area contributed by atoms with Crippen molar-refractivity contribution in [2.75, 3.05) is 36.5 Å². The lowest BCUT2D eigenvalue weighted by Crippen LogP contribution is -2.41. The Balaban J connectivity index is 2.35. The molecule has 8 heteroatoms. The molecule has 0 saturated carbocycles. The Morgan fingerprint density at radius 1 is 1.11 bits per heavy atom. The van der Waals surface area contributed by atoms with Crippen LogP contribution in [0.1, 0.15) is 5.56 Å². The normalized spacial score (nSPS) is 11.1. The Morgan fingerprint density at radius 3 is 2.30 bits per heavy atom. The van der Waals surface area contributed by atoms with E-state index in [2.05, 4.69) is 5.32 Å². The molecule has 0 saturated heterocycles. The number of anilines is 1. The van der Waals surface area contributed by atoms with E-state index in [1.807, 2.05) is 13.2 Å². The minimum absolute atomic E-state index is 0.140. The summed E-state index contributed by atoms with van der Waals surface area (Å²) in [7, 11) is -2.35. The van der Waals surface area contributed by atoms with Crippen LogP contribution in [0.15, 0.2) is 53.4 Å². The van der Waals surface area contributed by atoms with E-state index < -0.39 is 10.0 Å². The summed E-state index contributed by atoms with van der Waals surface area (Å²) in [5, 5.41) is 2.75. The van der Waals surface area contributed by atoms with Gasteiger partial charge in [0.2, 0.25) is 5.91 Å². The predicted molar refractivity (Wildman–Crippen MR) is 110 cm³/mol. The zero-order chi connectivity index (χ0) is 19.9. The van der Waals surface area contributed by atoms with Gasteiger partial charge in [-0.15, -0.1) is 0 Å². The molecule has 0 aliphatic rings. The summed E-state index contributed by atoms with van der Waals surface area (Å²) in [5.41, 5.74) is 1.36. The van der Waals surface area contributed by atoms with Crippen LogP contribution in [-0.4, -0.2) is 46.5 Å². The summed E-state index contributed by atoms with van der Waals surface area (Å²) in [5.74, 6) is 1.02. The highest BCUT2D eigenvalue weighted by molar-refractivity contribution is 7.98. The molecule has 2 aromatic rings. The molecular formula is C19H24N2O4S2. The molecule has 0 aliphatic heterocycles. The molecule has 0 fully saturated rings. The number of amides is 1. The van der Waals surface area contributed by atoms with E-state index in [1.54, 1.807) is 60.3 Å². The highest BCUT2D eigenvalue weighted by atomic mass is 32.2. The van der Waals surface area contributed by atoms with Gasteiger partial charge in [0.25, 0.3) is 10.0 Å². The maximum atomic E-state index is 13.2. The zero-order valence-electron chi connectivity index (χ0n) is 15.6. The first-order valence-corrected chi connectivity index (χ1v) is 11.2. The Morgan fingerprint density at radius 2 is 1.74 bits per heavy atom. The van der Waals surface area contributed by atoms with E-state index in [0.29, 0.717) is 18.0 Å². The number of aryl methyl sites for hydroxylation is 1. The van der Waals surface area contributed by atoms with E-state index >= 15 is 0 Å². The minimum atomic E-state index is -3.89. The third-order valence-corrected chi connectivity index (χ3v) is 6.29. The molecule has 1 N–H and O–H groups in total. The van der Waals surface area contributed by atoms with Crippen LogP contribution in [0, 0.1) is 6.92 Å². The number of carbonyl (C=O) groups is 1. The van der Waals surface area contributed by atoms with Gasteiger partial charge in [-0.2, -0.15) is 11.8 Å². The topological polar surface area (TPSA) is 75.7 Å². The minimum Gasteiger partial charge on any atom is -0.497 e. The maximum absolute atomic E-state index is 13.2. The van der Waals surface area contributed by atoms with E-state index in [4.69, 9.17) is 4.74 Å². The number of hydrogen-bond donors (Lipinski definition) is 1. The first-order chi connectivity index (χ1) is 12.9. The van der Waals surface area contributed by atoms with E-state index in [9.17, 15) is 13.2 Å². The van der Waals surface area contributed by atoms with Gasteiger partial charge in [0, 0.05) is 12.3 Å². The third-order valence-electron chi connectivity index (χ3n) is 3.88. The van der Waals surface area contributed by atoms with Crippen LogP contribution in [0.4, 0.5) is 5.69 Å². The van der Waals surface area contributed by atoms with E-state index in [1.165, 1.54) is 7.11 Å². The first kappa shape index (κ1) is 21.1. The fourth-order valence-electron chi connectivity index (χ4n) is 2.38. The van der Waals surface area contributed by atoms with Gasteiger partial charge in [0.15, 0.2) is 0 Å². The lowest BCUT2D eigenvalue weighted by molar-refractivity contribution is -0.119. The standard InChI is InChI=1S/C19H24N2O4S2/c1-15-4-10-18(11-5-15)27(23,24)21(14-19(22)20-12-13-26-3)16-6-8-17(25-2)9-7-16/h4-11H,12-14H2,1-3H3,(H,20,22). The third kappa shape index (κ3) is 5.64. The molecule has 0 bridgehead atoms. The molecule has 0 unspecified atom stereocenters.